The number of sulfonamides is 1. The van der Waals surface area contributed by atoms with Crippen molar-refractivity contribution in [1.82, 2.24) is 4.31 Å². The third kappa shape index (κ3) is 2.36. The molecular weight excluding hydrogens is 242 g/mol. The second-order valence-corrected chi connectivity index (χ2v) is 6.62. The van der Waals surface area contributed by atoms with E-state index in [0.29, 0.717) is 4.34 Å². The van der Waals surface area contributed by atoms with Crippen LogP contribution in [0.5, 0.6) is 0 Å². The first kappa shape index (κ1) is 11.7. The summed E-state index contributed by atoms with van der Waals surface area (Å²) in [6, 6.07) is 3.07. The lowest BCUT2D eigenvalue weighted by atomic mass is 10.6. The summed E-state index contributed by atoms with van der Waals surface area (Å²) in [6.07, 6.45) is 1.53. The SMILES string of the molecule is C=CCN(C)S(=O)(=O)c1ccc(Cl)s1. The fraction of sp³-hybridized carbons (Fsp3) is 0.250. The average molecular weight is 252 g/mol. The predicted molar refractivity (Wildman–Crippen MR) is 59.3 cm³/mol. The van der Waals surface area contributed by atoms with Crippen LogP contribution in [0, 0.1) is 0 Å². The Balaban J connectivity index is 3.02. The van der Waals surface area contributed by atoms with Crippen molar-refractivity contribution < 1.29 is 8.42 Å². The molecule has 0 amide bonds. The maximum atomic E-state index is 11.8. The molecule has 0 aromatic carbocycles. The van der Waals surface area contributed by atoms with Gasteiger partial charge in [0.15, 0.2) is 0 Å². The van der Waals surface area contributed by atoms with Crippen LogP contribution >= 0.6 is 22.9 Å². The van der Waals surface area contributed by atoms with Gasteiger partial charge in [-0.25, -0.2) is 8.42 Å². The van der Waals surface area contributed by atoms with Crippen LogP contribution in [0.25, 0.3) is 0 Å². The highest BCUT2D eigenvalue weighted by atomic mass is 35.5. The first-order valence-corrected chi connectivity index (χ1v) is 6.44. The number of halogens is 1. The van der Waals surface area contributed by atoms with Gasteiger partial charge >= 0.3 is 0 Å². The zero-order valence-electron chi connectivity index (χ0n) is 7.60. The lowest BCUT2D eigenvalue weighted by Crippen LogP contribution is -2.26. The summed E-state index contributed by atoms with van der Waals surface area (Å²) < 4.78 is 25.5. The van der Waals surface area contributed by atoms with Gasteiger partial charge in [0, 0.05) is 13.6 Å². The minimum atomic E-state index is -3.38. The van der Waals surface area contributed by atoms with Crippen LogP contribution in [-0.2, 0) is 10.0 Å². The summed E-state index contributed by atoms with van der Waals surface area (Å²) in [5, 5.41) is 0. The van der Waals surface area contributed by atoms with Crippen LogP contribution < -0.4 is 0 Å². The van der Waals surface area contributed by atoms with E-state index in [9.17, 15) is 8.42 Å². The molecule has 1 aromatic heterocycles. The molecule has 0 unspecified atom stereocenters. The van der Waals surface area contributed by atoms with Crippen molar-refractivity contribution in [2.75, 3.05) is 13.6 Å². The number of rotatable bonds is 4. The van der Waals surface area contributed by atoms with Crippen molar-refractivity contribution in [2.45, 2.75) is 4.21 Å². The Morgan fingerprint density at radius 3 is 2.71 bits per heavy atom. The van der Waals surface area contributed by atoms with Crippen LogP contribution in [0.15, 0.2) is 29.0 Å². The normalized spacial score (nSPS) is 11.9. The third-order valence-corrected chi connectivity index (χ3v) is 5.12. The molecule has 0 radical (unpaired) electrons. The highest BCUT2D eigenvalue weighted by Crippen LogP contribution is 2.27. The van der Waals surface area contributed by atoms with Crippen LogP contribution in [0.2, 0.25) is 4.34 Å². The van der Waals surface area contributed by atoms with Crippen molar-refractivity contribution in [3.63, 3.8) is 0 Å². The Hall–Kier alpha value is -0.360. The lowest BCUT2D eigenvalue weighted by Gasteiger charge is -2.12. The van der Waals surface area contributed by atoms with Gasteiger partial charge < -0.3 is 0 Å². The fourth-order valence-electron chi connectivity index (χ4n) is 0.870. The van der Waals surface area contributed by atoms with E-state index in [1.807, 2.05) is 0 Å². The average Bonchev–Trinajstić information content (AvgIpc) is 2.52. The van der Waals surface area contributed by atoms with E-state index in [1.54, 1.807) is 6.07 Å². The molecule has 14 heavy (non-hydrogen) atoms. The second kappa shape index (κ2) is 4.44. The third-order valence-electron chi connectivity index (χ3n) is 1.60. The van der Waals surface area contributed by atoms with E-state index >= 15 is 0 Å². The van der Waals surface area contributed by atoms with Gasteiger partial charge in [-0.3, -0.25) is 0 Å². The maximum absolute atomic E-state index is 11.8. The summed E-state index contributed by atoms with van der Waals surface area (Å²) >= 11 is 6.71. The van der Waals surface area contributed by atoms with Gasteiger partial charge in [-0.05, 0) is 12.1 Å². The van der Waals surface area contributed by atoms with Gasteiger partial charge in [0.05, 0.1) is 4.34 Å². The number of hydrogen-bond donors (Lipinski definition) is 0. The molecule has 0 atom stereocenters. The molecule has 6 heteroatoms. The van der Waals surface area contributed by atoms with E-state index in [2.05, 4.69) is 6.58 Å². The molecule has 1 aromatic rings. The van der Waals surface area contributed by atoms with Crippen LogP contribution in [0.4, 0.5) is 0 Å². The fourth-order valence-corrected chi connectivity index (χ4v) is 3.70. The van der Waals surface area contributed by atoms with E-state index in [1.165, 1.54) is 23.5 Å². The Bertz CT molecular complexity index is 424. The molecular formula is C8H10ClNO2S2. The quantitative estimate of drug-likeness (QED) is 0.770. The van der Waals surface area contributed by atoms with Crippen molar-refractivity contribution in [2.24, 2.45) is 0 Å². The standard InChI is InChI=1S/C8H10ClNO2S2/c1-3-6-10(2)14(11,12)8-5-4-7(9)13-8/h3-5H,1,6H2,2H3. The molecule has 78 valence electrons. The largest absolute Gasteiger partial charge is 0.252 e. The molecule has 0 N–H and O–H groups in total. The molecule has 3 nitrogen and oxygen atoms in total. The molecule has 0 fully saturated rings. The zero-order chi connectivity index (χ0) is 10.8. The van der Waals surface area contributed by atoms with Gasteiger partial charge in [0.2, 0.25) is 0 Å². The topological polar surface area (TPSA) is 37.4 Å². The molecule has 0 aliphatic heterocycles. The van der Waals surface area contributed by atoms with Crippen LogP contribution in [-0.4, -0.2) is 26.3 Å². The van der Waals surface area contributed by atoms with Crippen molar-refractivity contribution >= 4 is 33.0 Å². The summed E-state index contributed by atoms with van der Waals surface area (Å²) in [6.45, 7) is 3.77. The Morgan fingerprint density at radius 1 is 1.64 bits per heavy atom. The van der Waals surface area contributed by atoms with E-state index in [-0.39, 0.29) is 10.8 Å². The van der Waals surface area contributed by atoms with E-state index in [4.69, 9.17) is 11.6 Å². The molecule has 0 saturated heterocycles. The molecule has 0 bridgehead atoms. The van der Waals surface area contributed by atoms with Gasteiger partial charge in [0.1, 0.15) is 4.21 Å². The molecule has 1 heterocycles. The van der Waals surface area contributed by atoms with Gasteiger partial charge in [0.25, 0.3) is 10.0 Å². The summed E-state index contributed by atoms with van der Waals surface area (Å²) in [5.74, 6) is 0. The number of likely N-dealkylation sites (N-methyl/N-ethyl adjacent to an activating group) is 1. The highest BCUT2D eigenvalue weighted by Gasteiger charge is 2.21. The molecule has 0 spiro atoms. The minimum Gasteiger partial charge on any atom is -0.206 e. The smallest absolute Gasteiger partial charge is 0.206 e. The minimum absolute atomic E-state index is 0.256. The number of thiophene rings is 1. The lowest BCUT2D eigenvalue weighted by molar-refractivity contribution is 0.501. The van der Waals surface area contributed by atoms with E-state index in [0.717, 1.165) is 11.3 Å². The Labute approximate surface area is 92.7 Å². The summed E-state index contributed by atoms with van der Waals surface area (Å²) in [5.41, 5.74) is 0. The van der Waals surface area contributed by atoms with Crippen molar-refractivity contribution in [3.8, 4) is 0 Å². The maximum Gasteiger partial charge on any atom is 0.252 e. The van der Waals surface area contributed by atoms with Crippen LogP contribution in [0.1, 0.15) is 0 Å². The summed E-state index contributed by atoms with van der Waals surface area (Å²) in [7, 11) is -1.88. The number of nitrogens with zero attached hydrogens (tertiary/aromatic N) is 1. The van der Waals surface area contributed by atoms with E-state index < -0.39 is 10.0 Å². The Kier molecular flexibility index (Phi) is 3.71. The predicted octanol–water partition coefficient (Wildman–Crippen LogP) is 2.21. The zero-order valence-corrected chi connectivity index (χ0v) is 9.99. The number of hydrogen-bond acceptors (Lipinski definition) is 3. The molecule has 1 rings (SSSR count). The first-order chi connectivity index (χ1) is 6.48. The first-order valence-electron chi connectivity index (χ1n) is 3.81. The highest BCUT2D eigenvalue weighted by molar-refractivity contribution is 7.91. The van der Waals surface area contributed by atoms with Gasteiger partial charge in [-0.1, -0.05) is 17.7 Å². The van der Waals surface area contributed by atoms with Gasteiger partial charge in [-0.15, -0.1) is 17.9 Å². The van der Waals surface area contributed by atoms with Crippen molar-refractivity contribution in [1.29, 1.82) is 0 Å². The summed E-state index contributed by atoms with van der Waals surface area (Å²) in [4.78, 5) is 0. The van der Waals surface area contributed by atoms with Crippen LogP contribution in [0.3, 0.4) is 0 Å². The molecule has 0 aliphatic carbocycles. The van der Waals surface area contributed by atoms with Gasteiger partial charge in [-0.2, -0.15) is 4.31 Å². The molecule has 0 saturated carbocycles. The van der Waals surface area contributed by atoms with Crippen molar-refractivity contribution in [3.05, 3.63) is 29.1 Å². The second-order valence-electron chi connectivity index (χ2n) is 2.63. The Morgan fingerprint density at radius 2 is 2.29 bits per heavy atom. The molecule has 0 aliphatic rings. The monoisotopic (exact) mass is 251 g/mol.